The molecule has 0 aliphatic rings. The summed E-state index contributed by atoms with van der Waals surface area (Å²) in [4.78, 5) is 23.1. The number of ether oxygens (including phenoxy) is 1. The molecular weight excluding hydrogens is 500 g/mol. The summed E-state index contributed by atoms with van der Waals surface area (Å²) in [5, 5.41) is 8.75. The fourth-order valence-corrected chi connectivity index (χ4v) is 4.20. The predicted octanol–water partition coefficient (Wildman–Crippen LogP) is 8.51. The number of carbonyl (C=O) groups excluding carboxylic acids is 1. The highest BCUT2D eigenvalue weighted by Gasteiger charge is 2.33. The number of carboxylic acid groups (broad SMARTS) is 1. The Balaban J connectivity index is 1.58. The van der Waals surface area contributed by atoms with Crippen LogP contribution in [0, 0.1) is 23.3 Å². The Labute approximate surface area is 219 Å². The molecule has 38 heavy (non-hydrogen) atoms. The molecule has 3 rings (SSSR count). The second-order valence-corrected chi connectivity index (χ2v) is 9.15. The standard InChI is InChI=1S/C30H30F4O4/c1-2-3-4-5-6-7-8-9-10-19-11-13-20(14-12-19)21-15-17-22(18-16-21)38-30(37)24-27(33)25(31)23(29(35)36)26(32)28(24)34/h11-18H,2-10H2,1H3,(H,35,36). The average Bonchev–Trinajstić information content (AvgIpc) is 2.90. The van der Waals surface area contributed by atoms with Crippen molar-refractivity contribution in [3.63, 3.8) is 0 Å². The van der Waals surface area contributed by atoms with E-state index in [-0.39, 0.29) is 5.75 Å². The van der Waals surface area contributed by atoms with Crippen molar-refractivity contribution in [2.24, 2.45) is 0 Å². The number of aromatic carboxylic acids is 1. The van der Waals surface area contributed by atoms with Gasteiger partial charge in [-0.3, -0.25) is 0 Å². The molecule has 0 radical (unpaired) electrons. The van der Waals surface area contributed by atoms with Crippen molar-refractivity contribution in [3.8, 4) is 16.9 Å². The molecule has 0 bridgehead atoms. The lowest BCUT2D eigenvalue weighted by molar-refractivity contribution is 0.0671. The quantitative estimate of drug-likeness (QED) is 0.0791. The second kappa shape index (κ2) is 13.7. The van der Waals surface area contributed by atoms with Gasteiger partial charge in [-0.25, -0.2) is 27.2 Å². The predicted molar refractivity (Wildman–Crippen MR) is 136 cm³/mol. The summed E-state index contributed by atoms with van der Waals surface area (Å²) in [7, 11) is 0. The molecule has 8 heteroatoms. The lowest BCUT2D eigenvalue weighted by Crippen LogP contribution is -2.19. The molecule has 0 fully saturated rings. The molecule has 0 atom stereocenters. The number of benzene rings is 3. The molecule has 0 aromatic heterocycles. The van der Waals surface area contributed by atoms with Crippen LogP contribution < -0.4 is 4.74 Å². The van der Waals surface area contributed by atoms with Crippen LogP contribution >= 0.6 is 0 Å². The molecule has 0 heterocycles. The van der Waals surface area contributed by atoms with E-state index in [2.05, 4.69) is 19.1 Å². The third kappa shape index (κ3) is 7.21. The van der Waals surface area contributed by atoms with Crippen molar-refractivity contribution in [1.29, 1.82) is 0 Å². The Hall–Kier alpha value is -3.68. The first kappa shape index (κ1) is 28.9. The van der Waals surface area contributed by atoms with Gasteiger partial charge in [-0.1, -0.05) is 88.3 Å². The van der Waals surface area contributed by atoms with E-state index in [1.54, 1.807) is 12.1 Å². The first-order valence-corrected chi connectivity index (χ1v) is 12.7. The van der Waals surface area contributed by atoms with Gasteiger partial charge in [0, 0.05) is 0 Å². The van der Waals surface area contributed by atoms with Gasteiger partial charge in [0.2, 0.25) is 0 Å². The van der Waals surface area contributed by atoms with Gasteiger partial charge >= 0.3 is 11.9 Å². The summed E-state index contributed by atoms with van der Waals surface area (Å²) in [6.45, 7) is 2.21. The van der Waals surface area contributed by atoms with Crippen LogP contribution in [0.4, 0.5) is 17.6 Å². The Bertz CT molecular complexity index is 1230. The molecular formula is C30H30F4O4. The van der Waals surface area contributed by atoms with Gasteiger partial charge in [-0.15, -0.1) is 0 Å². The summed E-state index contributed by atoms with van der Waals surface area (Å²) in [5.74, 6) is -12.7. The summed E-state index contributed by atoms with van der Waals surface area (Å²) in [6, 6.07) is 14.0. The maximum absolute atomic E-state index is 14.2. The lowest BCUT2D eigenvalue weighted by Gasteiger charge is -2.10. The number of halogens is 4. The minimum absolute atomic E-state index is 0.119. The van der Waals surface area contributed by atoms with Crippen molar-refractivity contribution in [2.75, 3.05) is 0 Å². The smallest absolute Gasteiger partial charge is 0.349 e. The molecule has 0 aliphatic heterocycles. The van der Waals surface area contributed by atoms with Crippen molar-refractivity contribution in [1.82, 2.24) is 0 Å². The van der Waals surface area contributed by atoms with Gasteiger partial charge in [0.25, 0.3) is 0 Å². The van der Waals surface area contributed by atoms with E-state index in [1.165, 1.54) is 62.6 Å². The summed E-state index contributed by atoms with van der Waals surface area (Å²) < 4.78 is 61.0. The molecule has 0 amide bonds. The van der Waals surface area contributed by atoms with Gasteiger partial charge < -0.3 is 9.84 Å². The van der Waals surface area contributed by atoms with Gasteiger partial charge in [-0.05, 0) is 41.7 Å². The number of unbranched alkanes of at least 4 members (excludes halogenated alkanes) is 7. The van der Waals surface area contributed by atoms with E-state index in [9.17, 15) is 27.2 Å². The molecule has 0 unspecified atom stereocenters. The fraction of sp³-hybridized carbons (Fsp3) is 0.333. The zero-order valence-electron chi connectivity index (χ0n) is 21.2. The molecule has 0 aliphatic carbocycles. The molecule has 0 saturated heterocycles. The van der Waals surface area contributed by atoms with E-state index in [4.69, 9.17) is 9.84 Å². The van der Waals surface area contributed by atoms with E-state index < -0.39 is 46.3 Å². The normalized spacial score (nSPS) is 11.0. The van der Waals surface area contributed by atoms with Crippen LogP contribution in [-0.2, 0) is 6.42 Å². The molecule has 3 aromatic rings. The molecule has 0 saturated carbocycles. The van der Waals surface area contributed by atoms with Crippen molar-refractivity contribution < 1.29 is 37.0 Å². The van der Waals surface area contributed by atoms with Crippen molar-refractivity contribution in [3.05, 3.63) is 88.5 Å². The van der Waals surface area contributed by atoms with E-state index in [0.717, 1.165) is 24.0 Å². The summed E-state index contributed by atoms with van der Waals surface area (Å²) >= 11 is 0. The number of hydrogen-bond acceptors (Lipinski definition) is 3. The summed E-state index contributed by atoms with van der Waals surface area (Å²) in [5.41, 5.74) is -0.537. The van der Waals surface area contributed by atoms with E-state index >= 15 is 0 Å². The highest BCUT2D eigenvalue weighted by molar-refractivity contribution is 5.94. The first-order valence-electron chi connectivity index (χ1n) is 12.7. The zero-order chi connectivity index (χ0) is 27.7. The van der Waals surface area contributed by atoms with Crippen molar-refractivity contribution in [2.45, 2.75) is 64.7 Å². The number of esters is 1. The molecule has 4 nitrogen and oxygen atoms in total. The van der Waals surface area contributed by atoms with Crippen LogP contribution in [0.1, 0.15) is 84.6 Å². The minimum atomic E-state index is -2.21. The molecule has 202 valence electrons. The van der Waals surface area contributed by atoms with Crippen LogP contribution in [0.15, 0.2) is 48.5 Å². The highest BCUT2D eigenvalue weighted by Crippen LogP contribution is 2.27. The average molecular weight is 531 g/mol. The topological polar surface area (TPSA) is 63.6 Å². The first-order chi connectivity index (χ1) is 18.2. The van der Waals surface area contributed by atoms with Crippen molar-refractivity contribution >= 4 is 11.9 Å². The number of rotatable bonds is 13. The number of carbonyl (C=O) groups is 2. The Morgan fingerprint density at radius 2 is 1.11 bits per heavy atom. The fourth-order valence-electron chi connectivity index (χ4n) is 4.20. The molecule has 3 aromatic carbocycles. The van der Waals surface area contributed by atoms with Gasteiger partial charge in [0.15, 0.2) is 23.3 Å². The van der Waals surface area contributed by atoms with Crippen LogP contribution in [0.25, 0.3) is 11.1 Å². The van der Waals surface area contributed by atoms with Gasteiger partial charge in [-0.2, -0.15) is 0 Å². The summed E-state index contributed by atoms with van der Waals surface area (Å²) in [6.07, 6.45) is 11.1. The number of carboxylic acids is 1. The largest absolute Gasteiger partial charge is 0.477 e. The van der Waals surface area contributed by atoms with Crippen LogP contribution in [-0.4, -0.2) is 17.0 Å². The third-order valence-corrected chi connectivity index (χ3v) is 6.35. The second-order valence-electron chi connectivity index (χ2n) is 9.15. The van der Waals surface area contributed by atoms with Gasteiger partial charge in [0.05, 0.1) is 0 Å². The Kier molecular flexibility index (Phi) is 10.4. The van der Waals surface area contributed by atoms with E-state index in [0.29, 0.717) is 0 Å². The third-order valence-electron chi connectivity index (χ3n) is 6.35. The van der Waals surface area contributed by atoms with Crippen LogP contribution in [0.3, 0.4) is 0 Å². The van der Waals surface area contributed by atoms with Crippen LogP contribution in [0.2, 0.25) is 0 Å². The monoisotopic (exact) mass is 530 g/mol. The Morgan fingerprint density at radius 3 is 1.61 bits per heavy atom. The molecule has 0 spiro atoms. The Morgan fingerprint density at radius 1 is 0.658 bits per heavy atom. The lowest BCUT2D eigenvalue weighted by atomic mass is 10.0. The highest BCUT2D eigenvalue weighted by atomic mass is 19.2. The minimum Gasteiger partial charge on any atom is -0.477 e. The van der Waals surface area contributed by atoms with Gasteiger partial charge in [0.1, 0.15) is 16.9 Å². The maximum Gasteiger partial charge on any atom is 0.349 e. The van der Waals surface area contributed by atoms with Crippen LogP contribution in [0.5, 0.6) is 5.75 Å². The zero-order valence-corrected chi connectivity index (χ0v) is 21.2. The number of aryl methyl sites for hydroxylation is 1. The maximum atomic E-state index is 14.2. The molecule has 1 N–H and O–H groups in total. The number of hydrogen-bond donors (Lipinski definition) is 1. The SMILES string of the molecule is CCCCCCCCCCc1ccc(-c2ccc(OC(=O)c3c(F)c(F)c(C(=O)O)c(F)c3F)cc2)cc1. The van der Waals surface area contributed by atoms with E-state index in [1.807, 2.05) is 12.1 Å².